The molecule has 1 heterocycles. The van der Waals surface area contributed by atoms with Crippen molar-refractivity contribution in [2.75, 3.05) is 7.05 Å². The van der Waals surface area contributed by atoms with Crippen LogP contribution in [0.3, 0.4) is 0 Å². The minimum absolute atomic E-state index is 0.767. The summed E-state index contributed by atoms with van der Waals surface area (Å²) >= 11 is 6.08. The van der Waals surface area contributed by atoms with Crippen molar-refractivity contribution < 1.29 is 0 Å². The maximum atomic E-state index is 6.08. The van der Waals surface area contributed by atoms with Gasteiger partial charge in [-0.15, -0.1) is 0 Å². The smallest absolute Gasteiger partial charge is 0.0674 e. The van der Waals surface area contributed by atoms with Gasteiger partial charge < -0.3 is 5.32 Å². The Balaban J connectivity index is 2.62. The van der Waals surface area contributed by atoms with E-state index in [1.807, 2.05) is 37.8 Å². The molecule has 0 aliphatic rings. The molecule has 0 aliphatic carbocycles. The van der Waals surface area contributed by atoms with E-state index in [-0.39, 0.29) is 0 Å². The number of aryl methyl sites for hydroxylation is 2. The minimum Gasteiger partial charge on any atom is -0.316 e. The van der Waals surface area contributed by atoms with Crippen molar-refractivity contribution in [2.24, 2.45) is 7.05 Å². The molecule has 0 radical (unpaired) electrons. The van der Waals surface area contributed by atoms with Gasteiger partial charge in [0.25, 0.3) is 0 Å². The summed E-state index contributed by atoms with van der Waals surface area (Å²) in [5, 5.41) is 8.42. The molecule has 1 N–H and O–H groups in total. The van der Waals surface area contributed by atoms with Crippen LogP contribution in [0.1, 0.15) is 17.0 Å². The number of nitrogens with one attached hydrogen (secondary N) is 1. The monoisotopic (exact) mass is 263 g/mol. The third-order valence-corrected chi connectivity index (χ3v) is 3.45. The summed E-state index contributed by atoms with van der Waals surface area (Å²) in [5.74, 6) is 0. The number of nitrogens with zero attached hydrogens (tertiary/aromatic N) is 2. The zero-order valence-electron chi connectivity index (χ0n) is 11.2. The molecule has 2 aromatic rings. The summed E-state index contributed by atoms with van der Waals surface area (Å²) < 4.78 is 1.92. The highest BCUT2D eigenvalue weighted by Gasteiger charge is 2.14. The molecule has 0 bridgehead atoms. The van der Waals surface area contributed by atoms with Crippen molar-refractivity contribution >= 4 is 11.6 Å². The SMILES string of the molecule is CNCc1cc(Cl)ccc1-c1c(C)nn(C)c1C. The van der Waals surface area contributed by atoms with Crippen LogP contribution >= 0.6 is 11.6 Å². The van der Waals surface area contributed by atoms with Gasteiger partial charge in [0.2, 0.25) is 0 Å². The minimum atomic E-state index is 0.767. The van der Waals surface area contributed by atoms with Crippen LogP contribution in [0, 0.1) is 13.8 Å². The Hall–Kier alpha value is -1.32. The van der Waals surface area contributed by atoms with Gasteiger partial charge in [0.05, 0.1) is 5.69 Å². The molecule has 0 unspecified atom stereocenters. The van der Waals surface area contributed by atoms with E-state index in [0.29, 0.717) is 0 Å². The average Bonchev–Trinajstić information content (AvgIpc) is 2.55. The lowest BCUT2D eigenvalue weighted by Crippen LogP contribution is -2.06. The Morgan fingerprint density at radius 1 is 1.33 bits per heavy atom. The van der Waals surface area contributed by atoms with Gasteiger partial charge in [-0.2, -0.15) is 5.10 Å². The maximum Gasteiger partial charge on any atom is 0.0674 e. The van der Waals surface area contributed by atoms with Crippen LogP contribution in [-0.4, -0.2) is 16.8 Å². The van der Waals surface area contributed by atoms with Crippen molar-refractivity contribution in [3.05, 3.63) is 40.2 Å². The molecule has 0 saturated heterocycles. The van der Waals surface area contributed by atoms with Gasteiger partial charge in [0.1, 0.15) is 0 Å². The largest absolute Gasteiger partial charge is 0.316 e. The summed E-state index contributed by atoms with van der Waals surface area (Å²) in [5.41, 5.74) is 5.84. The van der Waals surface area contributed by atoms with E-state index in [1.54, 1.807) is 0 Å². The van der Waals surface area contributed by atoms with Gasteiger partial charge in [-0.1, -0.05) is 17.7 Å². The Morgan fingerprint density at radius 2 is 2.06 bits per heavy atom. The fourth-order valence-corrected chi connectivity index (χ4v) is 2.50. The summed E-state index contributed by atoms with van der Waals surface area (Å²) in [4.78, 5) is 0. The number of rotatable bonds is 3. The van der Waals surface area contributed by atoms with E-state index < -0.39 is 0 Å². The van der Waals surface area contributed by atoms with Crippen molar-refractivity contribution in [2.45, 2.75) is 20.4 Å². The Bertz CT molecular complexity index is 573. The van der Waals surface area contributed by atoms with Crippen LogP contribution in [0.2, 0.25) is 5.02 Å². The quantitative estimate of drug-likeness (QED) is 0.922. The van der Waals surface area contributed by atoms with Crippen LogP contribution in [-0.2, 0) is 13.6 Å². The fraction of sp³-hybridized carbons (Fsp3) is 0.357. The van der Waals surface area contributed by atoms with Crippen molar-refractivity contribution in [1.82, 2.24) is 15.1 Å². The second kappa shape index (κ2) is 5.12. The lowest BCUT2D eigenvalue weighted by molar-refractivity contribution is 0.731. The van der Waals surface area contributed by atoms with E-state index >= 15 is 0 Å². The third kappa shape index (κ3) is 2.28. The van der Waals surface area contributed by atoms with Gasteiger partial charge in [-0.25, -0.2) is 0 Å². The first kappa shape index (κ1) is 13.1. The molecular weight excluding hydrogens is 246 g/mol. The van der Waals surface area contributed by atoms with E-state index in [2.05, 4.69) is 23.4 Å². The van der Waals surface area contributed by atoms with Crippen LogP contribution in [0.4, 0.5) is 0 Å². The first-order chi connectivity index (χ1) is 8.54. The number of hydrogen-bond donors (Lipinski definition) is 1. The summed E-state index contributed by atoms with van der Waals surface area (Å²) in [7, 11) is 3.91. The first-order valence-electron chi connectivity index (χ1n) is 5.98. The molecule has 0 aliphatic heterocycles. The number of halogens is 1. The summed E-state index contributed by atoms with van der Waals surface area (Å²) in [6, 6.07) is 6.02. The average molecular weight is 264 g/mol. The third-order valence-electron chi connectivity index (χ3n) is 3.21. The van der Waals surface area contributed by atoms with Gasteiger partial charge >= 0.3 is 0 Å². The molecule has 2 rings (SSSR count). The van der Waals surface area contributed by atoms with E-state index in [0.717, 1.165) is 17.3 Å². The Kier molecular flexibility index (Phi) is 3.73. The summed E-state index contributed by atoms with van der Waals surface area (Å²) in [6.07, 6.45) is 0. The molecule has 0 fully saturated rings. The normalized spacial score (nSPS) is 10.9. The maximum absolute atomic E-state index is 6.08. The van der Waals surface area contributed by atoms with E-state index in [1.165, 1.54) is 22.4 Å². The van der Waals surface area contributed by atoms with Crippen molar-refractivity contribution in [3.63, 3.8) is 0 Å². The highest BCUT2D eigenvalue weighted by Crippen LogP contribution is 2.31. The lowest BCUT2D eigenvalue weighted by Gasteiger charge is -2.10. The molecule has 0 spiro atoms. The zero-order valence-corrected chi connectivity index (χ0v) is 12.0. The van der Waals surface area contributed by atoms with Crippen molar-refractivity contribution in [1.29, 1.82) is 0 Å². The molecule has 0 saturated carbocycles. The zero-order chi connectivity index (χ0) is 13.3. The highest BCUT2D eigenvalue weighted by atomic mass is 35.5. The molecule has 0 amide bonds. The van der Waals surface area contributed by atoms with E-state index in [9.17, 15) is 0 Å². The molecular formula is C14H18ClN3. The molecule has 1 aromatic heterocycles. The molecule has 0 atom stereocenters. The predicted octanol–water partition coefficient (Wildman–Crippen LogP) is 3.08. The number of benzene rings is 1. The van der Waals surface area contributed by atoms with Gasteiger partial charge in [-0.3, -0.25) is 4.68 Å². The lowest BCUT2D eigenvalue weighted by atomic mass is 9.98. The molecule has 3 nitrogen and oxygen atoms in total. The van der Waals surface area contributed by atoms with E-state index in [4.69, 9.17) is 11.6 Å². The fourth-order valence-electron chi connectivity index (χ4n) is 2.31. The summed E-state index contributed by atoms with van der Waals surface area (Å²) in [6.45, 7) is 4.93. The first-order valence-corrected chi connectivity index (χ1v) is 6.36. The van der Waals surface area contributed by atoms with Gasteiger partial charge in [-0.05, 0) is 44.2 Å². The second-order valence-electron chi connectivity index (χ2n) is 4.50. The number of aromatic nitrogens is 2. The highest BCUT2D eigenvalue weighted by molar-refractivity contribution is 6.30. The predicted molar refractivity (Wildman–Crippen MR) is 75.9 cm³/mol. The van der Waals surface area contributed by atoms with Crippen LogP contribution in [0.15, 0.2) is 18.2 Å². The van der Waals surface area contributed by atoms with Gasteiger partial charge in [0, 0.05) is 29.9 Å². The van der Waals surface area contributed by atoms with Gasteiger partial charge in [0.15, 0.2) is 0 Å². The topological polar surface area (TPSA) is 29.9 Å². The molecule has 96 valence electrons. The molecule has 1 aromatic carbocycles. The molecule has 4 heteroatoms. The van der Waals surface area contributed by atoms with Crippen LogP contribution in [0.5, 0.6) is 0 Å². The second-order valence-corrected chi connectivity index (χ2v) is 4.94. The van der Waals surface area contributed by atoms with Crippen LogP contribution < -0.4 is 5.32 Å². The molecule has 18 heavy (non-hydrogen) atoms. The number of hydrogen-bond acceptors (Lipinski definition) is 2. The van der Waals surface area contributed by atoms with Crippen molar-refractivity contribution in [3.8, 4) is 11.1 Å². The Morgan fingerprint density at radius 3 is 2.61 bits per heavy atom. The standard InChI is InChI=1S/C14H18ClN3/c1-9-14(10(2)18(4)17-9)13-6-5-12(15)7-11(13)8-16-3/h5-7,16H,8H2,1-4H3. The Labute approximate surface area is 113 Å². The van der Waals surface area contributed by atoms with Crippen LogP contribution in [0.25, 0.3) is 11.1 Å².